The van der Waals surface area contributed by atoms with Crippen molar-refractivity contribution in [2.24, 2.45) is 5.73 Å². The number of hydrogen-bond acceptors (Lipinski definition) is 6. The lowest BCUT2D eigenvalue weighted by Gasteiger charge is -2.31. The average molecular weight is 452 g/mol. The van der Waals surface area contributed by atoms with E-state index in [9.17, 15) is 0 Å². The van der Waals surface area contributed by atoms with Crippen molar-refractivity contribution < 1.29 is 0 Å². The van der Waals surface area contributed by atoms with E-state index in [1.54, 1.807) is 11.3 Å². The second-order valence-electron chi connectivity index (χ2n) is 8.46. The Bertz CT molecular complexity index is 915. The van der Waals surface area contributed by atoms with Crippen LogP contribution in [0.15, 0.2) is 66.6 Å². The molecule has 32 heavy (non-hydrogen) atoms. The van der Waals surface area contributed by atoms with Gasteiger partial charge in [-0.2, -0.15) is 0 Å². The molecule has 1 aromatic carbocycles. The number of nitrogens with two attached hydrogens (primary N) is 1. The van der Waals surface area contributed by atoms with Crippen LogP contribution in [0.5, 0.6) is 0 Å². The molecule has 1 atom stereocenters. The molecule has 0 radical (unpaired) electrons. The van der Waals surface area contributed by atoms with Crippen LogP contribution in [0.25, 0.3) is 10.4 Å². The van der Waals surface area contributed by atoms with Crippen LogP contribution in [-0.2, 0) is 6.54 Å². The van der Waals surface area contributed by atoms with Gasteiger partial charge in [0.1, 0.15) is 0 Å². The van der Waals surface area contributed by atoms with Crippen molar-refractivity contribution in [3.8, 4) is 10.4 Å². The number of hydrogen-bond donors (Lipinski definition) is 3. The van der Waals surface area contributed by atoms with Crippen molar-refractivity contribution in [1.29, 1.82) is 0 Å². The molecule has 6 heteroatoms. The summed E-state index contributed by atoms with van der Waals surface area (Å²) in [6.07, 6.45) is 5.34. The molecule has 0 saturated carbocycles. The van der Waals surface area contributed by atoms with Crippen LogP contribution in [-0.4, -0.2) is 35.6 Å². The molecule has 1 aliphatic heterocycles. The van der Waals surface area contributed by atoms with Gasteiger partial charge in [-0.05, 0) is 56.7 Å². The summed E-state index contributed by atoms with van der Waals surface area (Å²) in [5, 5.41) is 6.98. The lowest BCUT2D eigenvalue weighted by Crippen LogP contribution is -2.37. The molecule has 4 N–H and O–H groups in total. The van der Waals surface area contributed by atoms with Gasteiger partial charge < -0.3 is 21.3 Å². The third-order valence-electron chi connectivity index (χ3n) is 6.02. The number of likely N-dealkylation sites (tertiary alicyclic amines) is 1. The molecule has 1 unspecified atom stereocenters. The minimum absolute atomic E-state index is 0.286. The fraction of sp³-hybridized carbons (Fsp3) is 0.423. The molecule has 0 aliphatic carbocycles. The van der Waals surface area contributed by atoms with Gasteiger partial charge in [-0.15, -0.1) is 11.3 Å². The van der Waals surface area contributed by atoms with E-state index in [2.05, 4.69) is 71.4 Å². The van der Waals surface area contributed by atoms with E-state index < -0.39 is 0 Å². The monoisotopic (exact) mass is 451 g/mol. The third-order valence-corrected chi connectivity index (χ3v) is 7.00. The molecule has 1 aromatic heterocycles. The smallest absolute Gasteiger partial charge is 0.0801 e. The maximum atomic E-state index is 5.57. The number of unbranched alkanes of at least 4 members (excludes halogenated alkanes) is 1. The Balaban J connectivity index is 1.47. The van der Waals surface area contributed by atoms with Gasteiger partial charge in [-0.3, -0.25) is 0 Å². The minimum Gasteiger partial charge on any atom is -0.383 e. The number of allylic oxidation sites excluding steroid dienone is 1. The van der Waals surface area contributed by atoms with Gasteiger partial charge in [0, 0.05) is 30.2 Å². The van der Waals surface area contributed by atoms with Crippen LogP contribution in [0.4, 0.5) is 0 Å². The third kappa shape index (κ3) is 6.47. The lowest BCUT2D eigenvalue weighted by molar-refractivity contribution is 0.335. The number of aryl methyl sites for hydroxylation is 1. The normalized spacial score (nSPS) is 15.6. The molecule has 172 valence electrons. The van der Waals surface area contributed by atoms with E-state index in [1.165, 1.54) is 16.0 Å². The maximum absolute atomic E-state index is 5.57. The first-order chi connectivity index (χ1) is 15.5. The quantitative estimate of drug-likeness (QED) is 0.377. The molecule has 2 aromatic rings. The van der Waals surface area contributed by atoms with Crippen LogP contribution in [0.2, 0.25) is 0 Å². The topological polar surface area (TPSA) is 66.2 Å². The summed E-state index contributed by atoms with van der Waals surface area (Å²) in [5.74, 6) is 0. The number of rotatable bonds is 13. The summed E-state index contributed by atoms with van der Waals surface area (Å²) in [5.41, 5.74) is 14.2. The number of aromatic nitrogens is 1. The molecule has 3 rings (SSSR count). The Morgan fingerprint density at radius 3 is 2.66 bits per heavy atom. The highest BCUT2D eigenvalue weighted by Gasteiger charge is 2.27. The van der Waals surface area contributed by atoms with Crippen molar-refractivity contribution in [2.45, 2.75) is 51.6 Å². The predicted molar refractivity (Wildman–Crippen MR) is 137 cm³/mol. The minimum atomic E-state index is 0.286. The maximum Gasteiger partial charge on any atom is 0.0801 e. The van der Waals surface area contributed by atoms with Gasteiger partial charge in [0.15, 0.2) is 0 Å². The molecular weight excluding hydrogens is 414 g/mol. The van der Waals surface area contributed by atoms with Gasteiger partial charge in [0.25, 0.3) is 0 Å². The van der Waals surface area contributed by atoms with Gasteiger partial charge >= 0.3 is 0 Å². The average Bonchev–Trinajstić information content (AvgIpc) is 3.46. The van der Waals surface area contributed by atoms with Gasteiger partial charge in [-0.1, -0.05) is 44.0 Å². The Morgan fingerprint density at radius 1 is 1.19 bits per heavy atom. The first kappa shape index (κ1) is 24.1. The summed E-state index contributed by atoms with van der Waals surface area (Å²) in [6.45, 7) is 18.1. The van der Waals surface area contributed by atoms with Gasteiger partial charge in [0.05, 0.1) is 28.7 Å². The molecule has 0 amide bonds. The SMILES string of the molecule is C=C(CCCCN)NCC(=C)N1CCCC1C(=C)NCc1ccc(-c2scnc2C)cc1. The zero-order valence-electron chi connectivity index (χ0n) is 19.3. The Hall–Kier alpha value is -2.57. The molecule has 1 aliphatic rings. The highest BCUT2D eigenvalue weighted by Crippen LogP contribution is 2.28. The van der Waals surface area contributed by atoms with E-state index in [4.69, 9.17) is 5.73 Å². The van der Waals surface area contributed by atoms with Crippen molar-refractivity contribution in [1.82, 2.24) is 20.5 Å². The zero-order valence-corrected chi connectivity index (χ0v) is 20.1. The van der Waals surface area contributed by atoms with Crippen LogP contribution in [0.3, 0.4) is 0 Å². The fourth-order valence-electron chi connectivity index (χ4n) is 4.09. The Labute approximate surface area is 197 Å². The number of thiazole rings is 1. The van der Waals surface area contributed by atoms with Gasteiger partial charge in [0.2, 0.25) is 0 Å². The standard InChI is InChI=1S/C26H37N5S/c1-19(8-5-6-14-27)28-16-20(2)31-15-7-9-25(31)21(3)29-17-23-10-12-24(13-11-23)26-22(4)30-18-32-26/h10-13,18,25,28-29H,1-3,5-9,14-17,27H2,4H3. The van der Waals surface area contributed by atoms with E-state index in [-0.39, 0.29) is 6.04 Å². The molecular formula is C26H37N5S. The molecule has 5 nitrogen and oxygen atoms in total. The largest absolute Gasteiger partial charge is 0.383 e. The van der Waals surface area contributed by atoms with Crippen molar-refractivity contribution in [2.75, 3.05) is 19.6 Å². The highest BCUT2D eigenvalue weighted by molar-refractivity contribution is 7.13. The van der Waals surface area contributed by atoms with Crippen LogP contribution < -0.4 is 16.4 Å². The van der Waals surface area contributed by atoms with E-state index >= 15 is 0 Å². The van der Waals surface area contributed by atoms with Crippen LogP contribution in [0.1, 0.15) is 43.4 Å². The second kappa shape index (κ2) is 11.9. The van der Waals surface area contributed by atoms with Crippen LogP contribution in [0, 0.1) is 6.92 Å². The number of nitrogens with zero attached hydrogens (tertiary/aromatic N) is 2. The summed E-state index contributed by atoms with van der Waals surface area (Å²) in [7, 11) is 0. The number of nitrogens with one attached hydrogen (secondary N) is 2. The molecule has 2 heterocycles. The summed E-state index contributed by atoms with van der Waals surface area (Å²) in [6, 6.07) is 9.00. The first-order valence-corrected chi connectivity index (χ1v) is 12.4. The number of benzene rings is 1. The first-order valence-electron chi connectivity index (χ1n) is 11.5. The zero-order chi connectivity index (χ0) is 22.9. The highest BCUT2D eigenvalue weighted by atomic mass is 32.1. The van der Waals surface area contributed by atoms with E-state index in [1.807, 2.05) is 5.51 Å². The second-order valence-corrected chi connectivity index (χ2v) is 9.32. The van der Waals surface area contributed by atoms with Gasteiger partial charge in [-0.25, -0.2) is 4.98 Å². The van der Waals surface area contributed by atoms with E-state index in [0.29, 0.717) is 0 Å². The molecule has 0 spiro atoms. The molecule has 0 bridgehead atoms. The predicted octanol–water partition coefficient (Wildman–Crippen LogP) is 4.93. The summed E-state index contributed by atoms with van der Waals surface area (Å²) < 4.78 is 0. The van der Waals surface area contributed by atoms with Crippen molar-refractivity contribution in [3.05, 3.63) is 77.9 Å². The van der Waals surface area contributed by atoms with E-state index in [0.717, 1.165) is 81.1 Å². The Morgan fingerprint density at radius 2 is 1.97 bits per heavy atom. The summed E-state index contributed by atoms with van der Waals surface area (Å²) in [4.78, 5) is 7.97. The molecule has 1 saturated heterocycles. The lowest BCUT2D eigenvalue weighted by atomic mass is 10.1. The van der Waals surface area contributed by atoms with Crippen molar-refractivity contribution in [3.63, 3.8) is 0 Å². The molecule has 1 fully saturated rings. The van der Waals surface area contributed by atoms with Crippen LogP contribution >= 0.6 is 11.3 Å². The summed E-state index contributed by atoms with van der Waals surface area (Å²) >= 11 is 1.69. The Kier molecular flexibility index (Phi) is 8.94. The van der Waals surface area contributed by atoms with Crippen molar-refractivity contribution >= 4 is 11.3 Å². The fourth-order valence-corrected chi connectivity index (χ4v) is 4.91.